The standard InChI is InChI=1S/C4H8.C2H5I.2C2H6/c1-4-2-3-4;1-2-3;2*1-2/h4H,2-3H2,1H3;2H2,1H3;2*1-2H3. The van der Waals surface area contributed by atoms with E-state index in [4.69, 9.17) is 0 Å². The van der Waals surface area contributed by atoms with Gasteiger partial charge in [-0.15, -0.1) is 0 Å². The molecule has 0 aromatic rings. The zero-order chi connectivity index (χ0) is 9.70. The number of rotatable bonds is 0. The normalized spacial score (nSPS) is 12.3. The average molecular weight is 272 g/mol. The van der Waals surface area contributed by atoms with Gasteiger partial charge in [-0.05, 0) is 10.3 Å². The van der Waals surface area contributed by atoms with Crippen molar-refractivity contribution in [3.8, 4) is 0 Å². The van der Waals surface area contributed by atoms with E-state index < -0.39 is 0 Å². The molecule has 0 amide bonds. The maximum Gasteiger partial charge on any atom is -0.00332 e. The molecule has 0 N–H and O–H groups in total. The highest BCUT2D eigenvalue weighted by molar-refractivity contribution is 14.1. The van der Waals surface area contributed by atoms with Crippen LogP contribution in [0.5, 0.6) is 0 Å². The summed E-state index contributed by atoms with van der Waals surface area (Å²) >= 11 is 2.29. The second-order valence-electron chi connectivity index (χ2n) is 1.95. The van der Waals surface area contributed by atoms with Crippen molar-refractivity contribution < 1.29 is 0 Å². The highest BCUT2D eigenvalue weighted by Gasteiger charge is 2.12. The summed E-state index contributed by atoms with van der Waals surface area (Å²) < 4.78 is 1.22. The van der Waals surface area contributed by atoms with Crippen LogP contribution < -0.4 is 0 Å². The van der Waals surface area contributed by atoms with Gasteiger partial charge in [0.2, 0.25) is 0 Å². The molecule has 11 heavy (non-hydrogen) atoms. The fourth-order valence-electron chi connectivity index (χ4n) is 0.167. The fourth-order valence-corrected chi connectivity index (χ4v) is 0.167. The van der Waals surface area contributed by atoms with E-state index in [1.165, 1.54) is 17.3 Å². The number of hydrogen-bond acceptors (Lipinski definition) is 0. The summed E-state index contributed by atoms with van der Waals surface area (Å²) in [6, 6.07) is 0. The first-order valence-electron chi connectivity index (χ1n) is 4.87. The van der Waals surface area contributed by atoms with Gasteiger partial charge in [0, 0.05) is 0 Å². The Morgan fingerprint density at radius 3 is 1.18 bits per heavy atom. The molecule has 1 heteroatoms. The summed E-state index contributed by atoms with van der Waals surface area (Å²) in [5.41, 5.74) is 0. The Morgan fingerprint density at radius 2 is 1.18 bits per heavy atom. The fraction of sp³-hybridized carbons (Fsp3) is 1.00. The zero-order valence-corrected chi connectivity index (χ0v) is 11.2. The molecule has 1 aliphatic rings. The molecule has 0 aromatic heterocycles. The molecule has 0 atom stereocenters. The van der Waals surface area contributed by atoms with Crippen LogP contribution in [0.25, 0.3) is 0 Å². The van der Waals surface area contributed by atoms with Gasteiger partial charge in [-0.3, -0.25) is 0 Å². The third-order valence-corrected chi connectivity index (χ3v) is 0.866. The van der Waals surface area contributed by atoms with Crippen LogP contribution in [-0.2, 0) is 0 Å². The van der Waals surface area contributed by atoms with Crippen molar-refractivity contribution in [2.24, 2.45) is 5.92 Å². The molecule has 1 rings (SSSR count). The van der Waals surface area contributed by atoms with Gasteiger partial charge in [-0.1, -0.05) is 77.0 Å². The van der Waals surface area contributed by atoms with Crippen LogP contribution in [0.15, 0.2) is 0 Å². The van der Waals surface area contributed by atoms with Gasteiger partial charge >= 0.3 is 0 Å². The van der Waals surface area contributed by atoms with Crippen LogP contribution in [-0.4, -0.2) is 4.43 Å². The van der Waals surface area contributed by atoms with Gasteiger partial charge in [0.15, 0.2) is 0 Å². The van der Waals surface area contributed by atoms with Crippen LogP contribution in [0.2, 0.25) is 0 Å². The third kappa shape index (κ3) is 58.8. The molecule has 0 unspecified atom stereocenters. The molecule has 0 spiro atoms. The Hall–Kier alpha value is 0.730. The van der Waals surface area contributed by atoms with Crippen molar-refractivity contribution in [3.63, 3.8) is 0 Å². The molecule has 1 aliphatic carbocycles. The first kappa shape index (κ1) is 17.7. The largest absolute Gasteiger partial charge is 0.0867 e. The van der Waals surface area contributed by atoms with E-state index in [-0.39, 0.29) is 0 Å². The van der Waals surface area contributed by atoms with E-state index in [0.29, 0.717) is 0 Å². The molecule has 0 saturated heterocycles. The summed E-state index contributed by atoms with van der Waals surface area (Å²) in [7, 11) is 0. The van der Waals surface area contributed by atoms with Gasteiger partial charge in [0.05, 0.1) is 0 Å². The lowest BCUT2D eigenvalue weighted by molar-refractivity contribution is 0.983. The molecule has 0 heterocycles. The minimum absolute atomic E-state index is 1.08. The van der Waals surface area contributed by atoms with Gasteiger partial charge in [-0.25, -0.2) is 0 Å². The van der Waals surface area contributed by atoms with Crippen molar-refractivity contribution in [3.05, 3.63) is 0 Å². The van der Waals surface area contributed by atoms with Crippen LogP contribution in [0.3, 0.4) is 0 Å². The second-order valence-corrected chi connectivity index (χ2v) is 3.48. The Bertz CT molecular complexity index is 31.9. The van der Waals surface area contributed by atoms with Crippen LogP contribution in [0.4, 0.5) is 0 Å². The van der Waals surface area contributed by atoms with Crippen molar-refractivity contribution >= 4 is 22.6 Å². The van der Waals surface area contributed by atoms with Crippen molar-refractivity contribution in [2.75, 3.05) is 4.43 Å². The average Bonchev–Trinajstić information content (AvgIpc) is 2.82. The number of alkyl halides is 1. The Kier molecular flexibility index (Phi) is 36.1. The van der Waals surface area contributed by atoms with Gasteiger partial charge in [-0.2, -0.15) is 0 Å². The quantitative estimate of drug-likeness (QED) is 0.434. The molecular formula is C10H25I. The summed E-state index contributed by atoms with van der Waals surface area (Å²) in [5, 5.41) is 0. The molecule has 1 fully saturated rings. The monoisotopic (exact) mass is 272 g/mol. The SMILES string of the molecule is CC.CC.CC1CC1.CCI. The summed E-state index contributed by atoms with van der Waals surface area (Å²) in [4.78, 5) is 0. The summed E-state index contributed by atoms with van der Waals surface area (Å²) in [5.74, 6) is 1.08. The zero-order valence-electron chi connectivity index (χ0n) is 9.08. The van der Waals surface area contributed by atoms with E-state index in [0.717, 1.165) is 5.92 Å². The van der Waals surface area contributed by atoms with E-state index in [9.17, 15) is 0 Å². The molecule has 1 saturated carbocycles. The maximum absolute atomic E-state index is 2.29. The predicted molar refractivity (Wildman–Crippen MR) is 65.7 cm³/mol. The number of hydrogen-bond donors (Lipinski definition) is 0. The highest BCUT2D eigenvalue weighted by Crippen LogP contribution is 2.26. The smallest absolute Gasteiger partial charge is 0.00332 e. The van der Waals surface area contributed by atoms with Gasteiger partial charge in [0.1, 0.15) is 0 Å². The third-order valence-electron chi connectivity index (χ3n) is 0.866. The van der Waals surface area contributed by atoms with E-state index >= 15 is 0 Å². The second kappa shape index (κ2) is 22.4. The topological polar surface area (TPSA) is 0 Å². The Labute approximate surface area is 87.3 Å². The molecule has 0 nitrogen and oxygen atoms in total. The van der Waals surface area contributed by atoms with Crippen molar-refractivity contribution in [1.29, 1.82) is 0 Å². The summed E-state index contributed by atoms with van der Waals surface area (Å²) in [6.45, 7) is 12.4. The lowest BCUT2D eigenvalue weighted by atomic mass is 10.5. The first-order valence-corrected chi connectivity index (χ1v) is 6.39. The molecule has 72 valence electrons. The minimum atomic E-state index is 1.08. The molecule has 0 aliphatic heterocycles. The van der Waals surface area contributed by atoms with E-state index in [1.807, 2.05) is 27.7 Å². The van der Waals surface area contributed by atoms with Crippen LogP contribution >= 0.6 is 22.6 Å². The van der Waals surface area contributed by atoms with Crippen LogP contribution in [0.1, 0.15) is 54.4 Å². The highest BCUT2D eigenvalue weighted by atomic mass is 127. The maximum atomic E-state index is 2.29. The Morgan fingerprint density at radius 1 is 1.09 bits per heavy atom. The van der Waals surface area contributed by atoms with Gasteiger partial charge < -0.3 is 0 Å². The van der Waals surface area contributed by atoms with Crippen LogP contribution in [0, 0.1) is 5.92 Å². The van der Waals surface area contributed by atoms with Crippen molar-refractivity contribution in [1.82, 2.24) is 0 Å². The predicted octanol–water partition coefficient (Wildman–Crippen LogP) is 4.91. The Balaban J connectivity index is -0.0000000835. The minimum Gasteiger partial charge on any atom is -0.0867 e. The molecular weight excluding hydrogens is 247 g/mol. The van der Waals surface area contributed by atoms with E-state index in [1.54, 1.807) is 0 Å². The van der Waals surface area contributed by atoms with Crippen molar-refractivity contribution in [2.45, 2.75) is 54.4 Å². The summed E-state index contributed by atoms with van der Waals surface area (Å²) in [6.07, 6.45) is 2.97. The molecule has 0 bridgehead atoms. The first-order chi connectivity index (χ1) is 5.31. The lowest BCUT2D eigenvalue weighted by Gasteiger charge is -1.53. The van der Waals surface area contributed by atoms with E-state index in [2.05, 4.69) is 36.4 Å². The molecule has 0 aromatic carbocycles. The molecule has 0 radical (unpaired) electrons. The number of halogens is 1. The lowest BCUT2D eigenvalue weighted by Crippen LogP contribution is -1.42. The van der Waals surface area contributed by atoms with Gasteiger partial charge in [0.25, 0.3) is 0 Å².